The van der Waals surface area contributed by atoms with E-state index in [9.17, 15) is 0 Å². The summed E-state index contributed by atoms with van der Waals surface area (Å²) in [6, 6.07) is 33.4. The first-order chi connectivity index (χ1) is 21.5. The number of ether oxygens (including phenoxy) is 2. The van der Waals surface area contributed by atoms with E-state index in [2.05, 4.69) is 144 Å². The number of benzene rings is 5. The summed E-state index contributed by atoms with van der Waals surface area (Å²) in [7, 11) is 0. The molecule has 0 N–H and O–H groups in total. The van der Waals surface area contributed by atoms with Crippen molar-refractivity contribution in [3.05, 3.63) is 119 Å². The zero-order valence-electron chi connectivity index (χ0n) is 27.2. The van der Waals surface area contributed by atoms with Gasteiger partial charge in [-0.3, -0.25) is 0 Å². The van der Waals surface area contributed by atoms with E-state index < -0.39 is 0 Å². The van der Waals surface area contributed by atoms with Crippen molar-refractivity contribution in [3.63, 3.8) is 0 Å². The summed E-state index contributed by atoms with van der Waals surface area (Å²) in [5.41, 5.74) is 13.6. The molecule has 0 bridgehead atoms. The van der Waals surface area contributed by atoms with Gasteiger partial charge in [0.25, 0.3) is 6.71 Å². The van der Waals surface area contributed by atoms with Gasteiger partial charge in [-0.2, -0.15) is 0 Å². The van der Waals surface area contributed by atoms with Gasteiger partial charge in [-0.1, -0.05) is 108 Å². The first-order valence-corrected chi connectivity index (χ1v) is 16.3. The van der Waals surface area contributed by atoms with Crippen molar-refractivity contribution in [2.75, 3.05) is 4.90 Å². The largest absolute Gasteiger partial charge is 0.458 e. The summed E-state index contributed by atoms with van der Waals surface area (Å²) < 4.78 is 14.0. The van der Waals surface area contributed by atoms with Gasteiger partial charge < -0.3 is 14.4 Å². The third kappa shape index (κ3) is 3.54. The van der Waals surface area contributed by atoms with Crippen molar-refractivity contribution < 1.29 is 9.47 Å². The fraction of sp³-hybridized carbons (Fsp3) is 0.268. The van der Waals surface area contributed by atoms with E-state index >= 15 is 0 Å². The van der Waals surface area contributed by atoms with Crippen molar-refractivity contribution in [2.45, 2.75) is 71.1 Å². The molecule has 0 aromatic heterocycles. The summed E-state index contributed by atoms with van der Waals surface area (Å²) in [5.74, 6) is 3.73. The number of para-hydroxylation sites is 2. The van der Waals surface area contributed by atoms with Crippen LogP contribution in [0.15, 0.2) is 91.0 Å². The smallest absolute Gasteiger partial charge is 0.260 e. The zero-order chi connectivity index (χ0) is 31.0. The van der Waals surface area contributed by atoms with Gasteiger partial charge in [0, 0.05) is 28.6 Å². The van der Waals surface area contributed by atoms with Crippen LogP contribution >= 0.6 is 0 Å². The summed E-state index contributed by atoms with van der Waals surface area (Å²) in [4.78, 5) is 2.40. The van der Waals surface area contributed by atoms with E-state index in [0.29, 0.717) is 0 Å². The molecule has 0 spiro atoms. The molecule has 5 aromatic carbocycles. The lowest BCUT2D eigenvalue weighted by atomic mass is 9.34. The van der Waals surface area contributed by atoms with E-state index in [1.807, 2.05) is 0 Å². The Kier molecular flexibility index (Phi) is 5.16. The van der Waals surface area contributed by atoms with Gasteiger partial charge in [0.2, 0.25) is 0 Å². The number of fused-ring (bicyclic) bond motifs is 8. The minimum Gasteiger partial charge on any atom is -0.458 e. The molecule has 45 heavy (non-hydrogen) atoms. The third-order valence-corrected chi connectivity index (χ3v) is 11.0. The normalized spacial score (nSPS) is 18.4. The highest BCUT2D eigenvalue weighted by molar-refractivity contribution is 6.98. The highest BCUT2D eigenvalue weighted by Gasteiger charge is 2.49. The van der Waals surface area contributed by atoms with E-state index in [1.54, 1.807) is 0 Å². The number of hydrogen-bond acceptors (Lipinski definition) is 3. The Morgan fingerprint density at radius 1 is 0.622 bits per heavy atom. The number of rotatable bonds is 1. The van der Waals surface area contributed by atoms with Crippen LogP contribution in [0.4, 0.5) is 17.1 Å². The molecule has 5 aromatic rings. The average Bonchev–Trinajstić information content (AvgIpc) is 3.20. The molecular formula is C41H38BNO2. The summed E-state index contributed by atoms with van der Waals surface area (Å²) in [5, 5.41) is 0. The molecule has 0 atom stereocenters. The van der Waals surface area contributed by atoms with Crippen LogP contribution in [0.25, 0.3) is 0 Å². The molecule has 9 rings (SSSR count). The second-order valence-corrected chi connectivity index (χ2v) is 15.4. The maximum Gasteiger partial charge on any atom is 0.260 e. The van der Waals surface area contributed by atoms with Crippen LogP contribution in [0.5, 0.6) is 23.0 Å². The quantitative estimate of drug-likeness (QED) is 0.179. The molecule has 0 unspecified atom stereocenters. The third-order valence-electron chi connectivity index (χ3n) is 11.0. The number of nitrogens with zero attached hydrogens (tertiary/aromatic N) is 1. The number of aryl methyl sites for hydroxylation is 1. The summed E-state index contributed by atoms with van der Waals surface area (Å²) in [6.45, 7) is 16.4. The van der Waals surface area contributed by atoms with Gasteiger partial charge in [-0.05, 0) is 70.0 Å². The van der Waals surface area contributed by atoms with Crippen LogP contribution in [0, 0.1) is 6.92 Å². The average molecular weight is 588 g/mol. The Hall–Kier alpha value is -4.44. The highest BCUT2D eigenvalue weighted by Crippen LogP contribution is 2.55. The molecule has 0 fully saturated rings. The lowest BCUT2D eigenvalue weighted by Crippen LogP contribution is -2.58. The van der Waals surface area contributed by atoms with Crippen molar-refractivity contribution in [3.8, 4) is 23.0 Å². The van der Waals surface area contributed by atoms with E-state index in [0.717, 1.165) is 40.6 Å². The SMILES string of the molecule is Cc1ccc2c(c1)B1c3ccc4c(c3Oc3cc(N5c6ccccc6C(C)(C)c6ccccc65)cc(c31)O2)C(C)(C)CC4(C)C. The van der Waals surface area contributed by atoms with Gasteiger partial charge in [0.1, 0.15) is 23.0 Å². The van der Waals surface area contributed by atoms with Crippen LogP contribution < -0.4 is 30.8 Å². The maximum atomic E-state index is 7.18. The Bertz CT molecular complexity index is 2060. The summed E-state index contributed by atoms with van der Waals surface area (Å²) >= 11 is 0. The lowest BCUT2D eigenvalue weighted by Gasteiger charge is -2.42. The minimum absolute atomic E-state index is 0.000938. The van der Waals surface area contributed by atoms with Gasteiger partial charge >= 0.3 is 0 Å². The Morgan fingerprint density at radius 3 is 1.96 bits per heavy atom. The van der Waals surface area contributed by atoms with Crippen molar-refractivity contribution in [2.24, 2.45) is 0 Å². The topological polar surface area (TPSA) is 21.7 Å². The van der Waals surface area contributed by atoms with Crippen molar-refractivity contribution in [1.82, 2.24) is 0 Å². The van der Waals surface area contributed by atoms with Crippen LogP contribution in [-0.2, 0) is 16.2 Å². The monoisotopic (exact) mass is 587 g/mol. The number of anilines is 3. The molecular weight excluding hydrogens is 549 g/mol. The van der Waals surface area contributed by atoms with Crippen molar-refractivity contribution in [1.29, 1.82) is 0 Å². The molecule has 222 valence electrons. The standard InChI is InChI=1S/C41H38BNO2/c1-24-16-19-33-30(20-24)42-29-18-17-28-36(40(4,5)23-39(28,2)3)38(29)45-35-22-25(21-34(44-33)37(35)42)43-31-14-10-8-12-26(31)41(6,7)27-13-9-11-15-32(27)43/h8-22H,23H2,1-7H3. The molecule has 1 aliphatic carbocycles. The maximum absolute atomic E-state index is 7.18. The van der Waals surface area contributed by atoms with Crippen molar-refractivity contribution >= 4 is 40.2 Å². The first-order valence-electron chi connectivity index (χ1n) is 16.3. The lowest BCUT2D eigenvalue weighted by molar-refractivity contribution is 0.394. The first kappa shape index (κ1) is 26.9. The molecule has 3 aliphatic heterocycles. The van der Waals surface area contributed by atoms with Gasteiger partial charge in [-0.15, -0.1) is 0 Å². The van der Waals surface area contributed by atoms with E-state index in [1.165, 1.54) is 50.1 Å². The molecule has 0 radical (unpaired) electrons. The Labute approximate surface area is 266 Å². The molecule has 3 nitrogen and oxygen atoms in total. The van der Waals surface area contributed by atoms with Crippen LogP contribution in [0.2, 0.25) is 0 Å². The molecule has 0 saturated heterocycles. The second-order valence-electron chi connectivity index (χ2n) is 15.4. The zero-order valence-corrected chi connectivity index (χ0v) is 27.2. The fourth-order valence-corrected chi connectivity index (χ4v) is 9.27. The predicted octanol–water partition coefficient (Wildman–Crippen LogP) is 8.79. The minimum atomic E-state index is -0.126. The van der Waals surface area contributed by atoms with E-state index in [4.69, 9.17) is 9.47 Å². The van der Waals surface area contributed by atoms with Gasteiger partial charge in [0.15, 0.2) is 0 Å². The molecule has 4 aliphatic rings. The highest BCUT2D eigenvalue weighted by atomic mass is 16.5. The molecule has 4 heteroatoms. The van der Waals surface area contributed by atoms with Crippen LogP contribution in [0.1, 0.15) is 75.8 Å². The van der Waals surface area contributed by atoms with Crippen LogP contribution in [0.3, 0.4) is 0 Å². The van der Waals surface area contributed by atoms with E-state index in [-0.39, 0.29) is 23.0 Å². The Morgan fingerprint density at radius 2 is 1.27 bits per heavy atom. The molecule has 3 heterocycles. The second kappa shape index (κ2) is 8.63. The van der Waals surface area contributed by atoms with Gasteiger partial charge in [-0.25, -0.2) is 0 Å². The molecule has 0 amide bonds. The van der Waals surface area contributed by atoms with Gasteiger partial charge in [0.05, 0.1) is 17.1 Å². The van der Waals surface area contributed by atoms with Crippen LogP contribution in [-0.4, -0.2) is 6.71 Å². The molecule has 0 saturated carbocycles. The Balaban J connectivity index is 1.32. The summed E-state index contributed by atoms with van der Waals surface area (Å²) in [6.07, 6.45) is 1.09. The fourth-order valence-electron chi connectivity index (χ4n) is 9.27. The predicted molar refractivity (Wildman–Crippen MR) is 186 cm³/mol. The number of hydrogen-bond donors (Lipinski definition) is 0.